The van der Waals surface area contributed by atoms with Crippen LogP contribution in [0.3, 0.4) is 0 Å². The van der Waals surface area contributed by atoms with E-state index in [0.717, 1.165) is 10.9 Å². The van der Waals surface area contributed by atoms with Gasteiger partial charge < -0.3 is 9.84 Å². The zero-order chi connectivity index (χ0) is 16.2. The summed E-state index contributed by atoms with van der Waals surface area (Å²) in [6, 6.07) is 16.8. The van der Waals surface area contributed by atoms with Crippen molar-refractivity contribution in [1.29, 1.82) is 0 Å². The van der Waals surface area contributed by atoms with Crippen LogP contribution < -0.4 is 4.74 Å². The molecule has 112 valence electrons. The molecule has 3 rings (SSSR count). The summed E-state index contributed by atoms with van der Waals surface area (Å²) in [5, 5.41) is 10.0. The predicted molar refractivity (Wildman–Crippen MR) is 87.4 cm³/mol. The van der Waals surface area contributed by atoms with E-state index in [4.69, 9.17) is 11.2 Å². The minimum atomic E-state index is -1.15. The Bertz CT molecular complexity index is 911. The van der Waals surface area contributed by atoms with Crippen LogP contribution in [0.15, 0.2) is 54.6 Å². The third-order valence-electron chi connectivity index (χ3n) is 3.40. The fourth-order valence-corrected chi connectivity index (χ4v) is 2.30. The Balaban J connectivity index is 2.02. The Morgan fingerprint density at radius 1 is 1.17 bits per heavy atom. The SMILES string of the molecule is C#Cc1cc2cccc(OCc3ccccc3)c2nc1C(=O)O. The minimum Gasteiger partial charge on any atom is -0.487 e. The fourth-order valence-electron chi connectivity index (χ4n) is 2.30. The third-order valence-corrected chi connectivity index (χ3v) is 3.40. The maximum atomic E-state index is 11.3. The number of nitrogens with zero attached hydrogens (tertiary/aromatic N) is 1. The molecule has 0 amide bonds. The van der Waals surface area contributed by atoms with Crippen molar-refractivity contribution >= 4 is 16.9 Å². The Morgan fingerprint density at radius 3 is 2.65 bits per heavy atom. The number of carboxylic acid groups (broad SMARTS) is 1. The van der Waals surface area contributed by atoms with Gasteiger partial charge in [-0.05, 0) is 17.7 Å². The summed E-state index contributed by atoms with van der Waals surface area (Å²) in [6.07, 6.45) is 5.37. The predicted octanol–water partition coefficient (Wildman–Crippen LogP) is 3.49. The van der Waals surface area contributed by atoms with Crippen LogP contribution >= 0.6 is 0 Å². The highest BCUT2D eigenvalue weighted by atomic mass is 16.5. The number of terminal acetylenes is 1. The third kappa shape index (κ3) is 2.99. The highest BCUT2D eigenvalue weighted by molar-refractivity contribution is 5.94. The maximum Gasteiger partial charge on any atom is 0.355 e. The van der Waals surface area contributed by atoms with Crippen LogP contribution in [0, 0.1) is 12.3 Å². The van der Waals surface area contributed by atoms with Crippen LogP contribution in [0.25, 0.3) is 10.9 Å². The minimum absolute atomic E-state index is 0.143. The Labute approximate surface area is 133 Å². The van der Waals surface area contributed by atoms with Crippen molar-refractivity contribution in [2.75, 3.05) is 0 Å². The second kappa shape index (κ2) is 6.20. The van der Waals surface area contributed by atoms with Gasteiger partial charge in [-0.3, -0.25) is 0 Å². The van der Waals surface area contributed by atoms with Crippen LogP contribution in [0.1, 0.15) is 21.6 Å². The molecule has 0 aliphatic rings. The zero-order valence-electron chi connectivity index (χ0n) is 12.2. The van der Waals surface area contributed by atoms with Crippen molar-refractivity contribution in [1.82, 2.24) is 4.98 Å². The molecule has 0 saturated carbocycles. The van der Waals surface area contributed by atoms with E-state index >= 15 is 0 Å². The van der Waals surface area contributed by atoms with Gasteiger partial charge in [-0.1, -0.05) is 48.4 Å². The molecule has 3 aromatic rings. The van der Waals surface area contributed by atoms with Gasteiger partial charge in [0.2, 0.25) is 0 Å². The second-order valence-electron chi connectivity index (χ2n) is 4.94. The molecule has 0 bridgehead atoms. The summed E-state index contributed by atoms with van der Waals surface area (Å²) >= 11 is 0. The monoisotopic (exact) mass is 303 g/mol. The average molecular weight is 303 g/mol. The molecule has 4 heteroatoms. The van der Waals surface area contributed by atoms with E-state index in [1.165, 1.54) is 0 Å². The molecular formula is C19H13NO3. The van der Waals surface area contributed by atoms with Crippen LogP contribution in [-0.4, -0.2) is 16.1 Å². The summed E-state index contributed by atoms with van der Waals surface area (Å²) in [4.78, 5) is 15.5. The molecule has 0 saturated heterocycles. The lowest BCUT2D eigenvalue weighted by Crippen LogP contribution is -2.05. The number of aromatic nitrogens is 1. The van der Waals surface area contributed by atoms with Crippen LogP contribution in [0.4, 0.5) is 0 Å². The number of pyridine rings is 1. The number of rotatable bonds is 4. The van der Waals surface area contributed by atoms with Crippen molar-refractivity contribution in [3.05, 3.63) is 71.4 Å². The topological polar surface area (TPSA) is 59.4 Å². The lowest BCUT2D eigenvalue weighted by molar-refractivity contribution is 0.0690. The van der Waals surface area contributed by atoms with Gasteiger partial charge >= 0.3 is 5.97 Å². The number of ether oxygens (including phenoxy) is 1. The van der Waals surface area contributed by atoms with Crippen molar-refractivity contribution < 1.29 is 14.6 Å². The first-order chi connectivity index (χ1) is 11.2. The number of fused-ring (bicyclic) bond motifs is 1. The van der Waals surface area contributed by atoms with E-state index in [-0.39, 0.29) is 11.3 Å². The highest BCUT2D eigenvalue weighted by Gasteiger charge is 2.14. The van der Waals surface area contributed by atoms with E-state index in [1.54, 1.807) is 12.1 Å². The molecule has 0 atom stereocenters. The van der Waals surface area contributed by atoms with Gasteiger partial charge in [0.15, 0.2) is 5.69 Å². The first-order valence-electron chi connectivity index (χ1n) is 6.99. The fraction of sp³-hybridized carbons (Fsp3) is 0.0526. The molecule has 0 aliphatic carbocycles. The number of carboxylic acids is 1. The molecule has 0 fully saturated rings. The maximum absolute atomic E-state index is 11.3. The molecule has 0 aliphatic heterocycles. The second-order valence-corrected chi connectivity index (χ2v) is 4.94. The normalized spacial score (nSPS) is 10.2. The molecule has 1 aromatic heterocycles. The molecule has 0 radical (unpaired) electrons. The van der Waals surface area contributed by atoms with E-state index in [1.807, 2.05) is 42.5 Å². The Hall–Kier alpha value is -3.32. The molecule has 23 heavy (non-hydrogen) atoms. The molecule has 4 nitrogen and oxygen atoms in total. The quantitative estimate of drug-likeness (QED) is 0.749. The van der Waals surface area contributed by atoms with Gasteiger partial charge in [-0.2, -0.15) is 0 Å². The van der Waals surface area contributed by atoms with Gasteiger partial charge in [0.25, 0.3) is 0 Å². The number of aromatic carboxylic acids is 1. The zero-order valence-corrected chi connectivity index (χ0v) is 12.2. The van der Waals surface area contributed by atoms with Gasteiger partial charge in [0.05, 0.1) is 5.56 Å². The smallest absolute Gasteiger partial charge is 0.355 e. The number of carbonyl (C=O) groups is 1. The first kappa shape index (κ1) is 14.6. The summed E-state index contributed by atoms with van der Waals surface area (Å²) in [6.45, 7) is 0.376. The average Bonchev–Trinajstić information content (AvgIpc) is 2.59. The first-order valence-corrected chi connectivity index (χ1v) is 6.99. The lowest BCUT2D eigenvalue weighted by atomic mass is 10.1. The number of para-hydroxylation sites is 1. The Morgan fingerprint density at radius 2 is 1.96 bits per heavy atom. The largest absolute Gasteiger partial charge is 0.487 e. The van der Waals surface area contributed by atoms with E-state index in [0.29, 0.717) is 17.9 Å². The number of benzene rings is 2. The van der Waals surface area contributed by atoms with Crippen molar-refractivity contribution in [3.63, 3.8) is 0 Å². The highest BCUT2D eigenvalue weighted by Crippen LogP contribution is 2.26. The molecule has 1 N–H and O–H groups in total. The summed E-state index contributed by atoms with van der Waals surface area (Å²) in [7, 11) is 0. The number of hydrogen-bond acceptors (Lipinski definition) is 3. The summed E-state index contributed by atoms with van der Waals surface area (Å²) < 4.78 is 5.81. The van der Waals surface area contributed by atoms with Crippen molar-refractivity contribution in [2.24, 2.45) is 0 Å². The summed E-state index contributed by atoms with van der Waals surface area (Å²) in [5.74, 6) is 1.73. The summed E-state index contributed by atoms with van der Waals surface area (Å²) in [5.41, 5.74) is 1.61. The van der Waals surface area contributed by atoms with Gasteiger partial charge in [0.1, 0.15) is 17.9 Å². The molecule has 1 heterocycles. The van der Waals surface area contributed by atoms with Gasteiger partial charge in [-0.25, -0.2) is 9.78 Å². The van der Waals surface area contributed by atoms with E-state index in [9.17, 15) is 9.90 Å². The molecule has 0 unspecified atom stereocenters. The van der Waals surface area contributed by atoms with Gasteiger partial charge in [0, 0.05) is 5.39 Å². The van der Waals surface area contributed by atoms with Crippen LogP contribution in [-0.2, 0) is 6.61 Å². The molecule has 0 spiro atoms. The van der Waals surface area contributed by atoms with Gasteiger partial charge in [-0.15, -0.1) is 6.42 Å². The standard InChI is InChI=1S/C19H13NO3/c1-2-14-11-15-9-6-10-16(17(15)20-18(14)19(21)22)23-12-13-7-4-3-5-8-13/h1,3-11H,12H2,(H,21,22). The molecule has 2 aromatic carbocycles. The van der Waals surface area contributed by atoms with E-state index in [2.05, 4.69) is 10.9 Å². The lowest BCUT2D eigenvalue weighted by Gasteiger charge is -2.10. The molecular weight excluding hydrogens is 290 g/mol. The van der Waals surface area contributed by atoms with E-state index < -0.39 is 5.97 Å². The van der Waals surface area contributed by atoms with Crippen LogP contribution in [0.2, 0.25) is 0 Å². The number of hydrogen-bond donors (Lipinski definition) is 1. The Kier molecular flexibility index (Phi) is 3.94. The van der Waals surface area contributed by atoms with Crippen molar-refractivity contribution in [2.45, 2.75) is 6.61 Å². The van der Waals surface area contributed by atoms with Crippen molar-refractivity contribution in [3.8, 4) is 18.1 Å². The van der Waals surface area contributed by atoms with Crippen LogP contribution in [0.5, 0.6) is 5.75 Å².